The number of halogens is 3. The molecule has 0 saturated carbocycles. The van der Waals surface area contributed by atoms with Gasteiger partial charge in [-0.1, -0.05) is 40.7 Å². The van der Waals surface area contributed by atoms with Crippen LogP contribution in [0.4, 0.5) is 0 Å². The van der Waals surface area contributed by atoms with E-state index in [1.165, 1.54) is 24.3 Å². The third-order valence-corrected chi connectivity index (χ3v) is 5.09. The molecular weight excluding hydrogens is 307 g/mol. The Balaban J connectivity index is 3.01. The van der Waals surface area contributed by atoms with E-state index >= 15 is 0 Å². The van der Waals surface area contributed by atoms with Gasteiger partial charge in [-0.15, -0.1) is 6.42 Å². The van der Waals surface area contributed by atoms with E-state index < -0.39 is 13.0 Å². The second-order valence-electron chi connectivity index (χ2n) is 2.91. The molecule has 7 heteroatoms. The quantitative estimate of drug-likeness (QED) is 0.636. The van der Waals surface area contributed by atoms with Gasteiger partial charge in [-0.05, 0) is 24.3 Å². The Labute approximate surface area is 115 Å². The zero-order valence-electron chi connectivity index (χ0n) is 8.36. The highest BCUT2D eigenvalue weighted by atomic mass is 35.6. The Morgan fingerprint density at radius 1 is 1.24 bits per heavy atom. The van der Waals surface area contributed by atoms with Gasteiger partial charge in [-0.2, -0.15) is 0 Å². The van der Waals surface area contributed by atoms with Crippen LogP contribution in [0.25, 0.3) is 0 Å². The summed E-state index contributed by atoms with van der Waals surface area (Å²) in [5.41, 5.74) is 0. The molecule has 0 aliphatic carbocycles. The maximum atomic E-state index is 11.7. The SMILES string of the molecule is C#CCOc1ccc(S(=O)(=O)C(Cl)(Cl)Cl)cc1. The van der Waals surface area contributed by atoms with Gasteiger partial charge in [0.25, 0.3) is 3.12 Å². The topological polar surface area (TPSA) is 43.4 Å². The molecule has 17 heavy (non-hydrogen) atoms. The van der Waals surface area contributed by atoms with Crippen LogP contribution < -0.4 is 4.74 Å². The van der Waals surface area contributed by atoms with E-state index in [0.717, 1.165) is 0 Å². The van der Waals surface area contributed by atoms with Crippen LogP contribution in [0.2, 0.25) is 0 Å². The number of rotatable bonds is 3. The molecule has 0 atom stereocenters. The normalized spacial score (nSPS) is 11.9. The Morgan fingerprint density at radius 3 is 2.18 bits per heavy atom. The summed E-state index contributed by atoms with van der Waals surface area (Å²) in [5.74, 6) is 2.72. The third-order valence-electron chi connectivity index (χ3n) is 1.76. The number of alkyl halides is 3. The smallest absolute Gasteiger partial charge is 0.296 e. The van der Waals surface area contributed by atoms with Crippen molar-refractivity contribution in [3.63, 3.8) is 0 Å². The van der Waals surface area contributed by atoms with Crippen molar-refractivity contribution in [2.75, 3.05) is 6.61 Å². The van der Waals surface area contributed by atoms with Gasteiger partial charge in [-0.3, -0.25) is 0 Å². The van der Waals surface area contributed by atoms with E-state index in [2.05, 4.69) is 5.92 Å². The molecule has 0 amide bonds. The summed E-state index contributed by atoms with van der Waals surface area (Å²) < 4.78 is 26.1. The van der Waals surface area contributed by atoms with Gasteiger partial charge in [0.2, 0.25) is 9.84 Å². The van der Waals surface area contributed by atoms with E-state index in [9.17, 15) is 8.42 Å². The zero-order chi connectivity index (χ0) is 13.1. The minimum absolute atomic E-state index is 0.0938. The summed E-state index contributed by atoms with van der Waals surface area (Å²) in [6, 6.07) is 5.42. The average molecular weight is 314 g/mol. The standard InChI is InChI=1S/C10H7Cl3O3S/c1-2-7-16-8-3-5-9(6-4-8)17(14,15)10(11,12)13/h1,3-6H,7H2. The molecule has 0 aromatic heterocycles. The lowest BCUT2D eigenvalue weighted by Crippen LogP contribution is -2.19. The molecule has 0 unspecified atom stereocenters. The van der Waals surface area contributed by atoms with E-state index in [4.69, 9.17) is 46.0 Å². The fourth-order valence-corrected chi connectivity index (χ4v) is 2.54. The fourth-order valence-electron chi connectivity index (χ4n) is 0.974. The Morgan fingerprint density at radius 2 is 1.76 bits per heavy atom. The van der Waals surface area contributed by atoms with Crippen molar-refractivity contribution in [2.24, 2.45) is 0 Å². The van der Waals surface area contributed by atoms with Crippen molar-refractivity contribution >= 4 is 44.6 Å². The number of hydrogen-bond acceptors (Lipinski definition) is 3. The van der Waals surface area contributed by atoms with Gasteiger partial charge in [0.15, 0.2) is 0 Å². The molecule has 0 heterocycles. The lowest BCUT2D eigenvalue weighted by molar-refractivity contribution is 0.370. The molecule has 1 aromatic carbocycles. The summed E-state index contributed by atoms with van der Waals surface area (Å²) in [4.78, 5) is -0.106. The first kappa shape index (κ1) is 14.5. The van der Waals surface area contributed by atoms with Crippen LogP contribution in [0, 0.1) is 12.3 Å². The van der Waals surface area contributed by atoms with E-state index in [-0.39, 0.29) is 11.5 Å². The molecule has 1 aromatic rings. The van der Waals surface area contributed by atoms with Crippen LogP contribution in [-0.4, -0.2) is 18.1 Å². The summed E-state index contributed by atoms with van der Waals surface area (Å²) in [7, 11) is -4.01. The summed E-state index contributed by atoms with van der Waals surface area (Å²) >= 11 is 16.1. The zero-order valence-corrected chi connectivity index (χ0v) is 11.4. The average Bonchev–Trinajstić information content (AvgIpc) is 2.25. The van der Waals surface area contributed by atoms with Gasteiger partial charge >= 0.3 is 0 Å². The van der Waals surface area contributed by atoms with Crippen molar-refractivity contribution in [2.45, 2.75) is 8.02 Å². The number of sulfone groups is 1. The number of terminal acetylenes is 1. The highest BCUT2D eigenvalue weighted by Gasteiger charge is 2.39. The van der Waals surface area contributed by atoms with Crippen molar-refractivity contribution in [1.82, 2.24) is 0 Å². The van der Waals surface area contributed by atoms with Crippen LogP contribution in [0.5, 0.6) is 5.75 Å². The van der Waals surface area contributed by atoms with Crippen LogP contribution in [0.3, 0.4) is 0 Å². The molecule has 0 aliphatic rings. The summed E-state index contributed by atoms with van der Waals surface area (Å²) in [6.45, 7) is 0.0938. The van der Waals surface area contributed by atoms with E-state index in [0.29, 0.717) is 5.75 Å². The van der Waals surface area contributed by atoms with Gasteiger partial charge in [0.1, 0.15) is 12.4 Å². The minimum atomic E-state index is -4.01. The molecular formula is C10H7Cl3O3S. The third kappa shape index (κ3) is 3.43. The summed E-state index contributed by atoms with van der Waals surface area (Å²) in [6.07, 6.45) is 5.01. The number of ether oxygens (including phenoxy) is 1. The van der Waals surface area contributed by atoms with E-state index in [1.54, 1.807) is 0 Å². The molecule has 0 saturated heterocycles. The lowest BCUT2D eigenvalue weighted by Gasteiger charge is -2.12. The molecule has 0 spiro atoms. The molecule has 0 radical (unpaired) electrons. The van der Waals surface area contributed by atoms with Crippen molar-refractivity contribution in [3.8, 4) is 18.1 Å². The molecule has 0 bridgehead atoms. The van der Waals surface area contributed by atoms with Gasteiger partial charge < -0.3 is 4.74 Å². The Bertz CT molecular complexity index is 523. The second kappa shape index (κ2) is 5.36. The molecule has 1 rings (SSSR count). The first-order valence-corrected chi connectivity index (χ1v) is 6.88. The van der Waals surface area contributed by atoms with Crippen molar-refractivity contribution in [3.05, 3.63) is 24.3 Å². The molecule has 0 N–H and O–H groups in total. The largest absolute Gasteiger partial charge is 0.481 e. The number of hydrogen-bond donors (Lipinski definition) is 0. The monoisotopic (exact) mass is 312 g/mol. The molecule has 0 fully saturated rings. The van der Waals surface area contributed by atoms with E-state index in [1.807, 2.05) is 0 Å². The highest BCUT2D eigenvalue weighted by Crippen LogP contribution is 2.37. The van der Waals surface area contributed by atoms with Crippen LogP contribution in [0.15, 0.2) is 29.2 Å². The highest BCUT2D eigenvalue weighted by molar-refractivity contribution is 7.97. The molecule has 0 aliphatic heterocycles. The maximum Gasteiger partial charge on any atom is 0.296 e. The predicted octanol–water partition coefficient (Wildman–Crippen LogP) is 2.80. The summed E-state index contributed by atoms with van der Waals surface area (Å²) in [5, 5.41) is 0. The second-order valence-corrected chi connectivity index (χ2v) is 7.96. The van der Waals surface area contributed by atoms with Gasteiger partial charge in [-0.25, -0.2) is 8.42 Å². The fraction of sp³-hybridized carbons (Fsp3) is 0.200. The minimum Gasteiger partial charge on any atom is -0.481 e. The van der Waals surface area contributed by atoms with Gasteiger partial charge in [0.05, 0.1) is 4.90 Å². The van der Waals surface area contributed by atoms with Crippen molar-refractivity contribution in [1.29, 1.82) is 0 Å². The maximum absolute atomic E-state index is 11.7. The number of benzene rings is 1. The van der Waals surface area contributed by atoms with Crippen LogP contribution in [-0.2, 0) is 9.84 Å². The Hall–Kier alpha value is -0.600. The molecule has 3 nitrogen and oxygen atoms in total. The molecule has 92 valence electrons. The first-order valence-electron chi connectivity index (χ1n) is 4.26. The van der Waals surface area contributed by atoms with Crippen LogP contribution in [0.1, 0.15) is 0 Å². The Kier molecular flexibility index (Phi) is 4.56. The van der Waals surface area contributed by atoms with Gasteiger partial charge in [0, 0.05) is 0 Å². The van der Waals surface area contributed by atoms with Crippen LogP contribution >= 0.6 is 34.8 Å². The predicted molar refractivity (Wildman–Crippen MR) is 68.2 cm³/mol. The lowest BCUT2D eigenvalue weighted by atomic mass is 10.3. The van der Waals surface area contributed by atoms with Crippen molar-refractivity contribution < 1.29 is 13.2 Å². The first-order chi connectivity index (χ1) is 7.79.